The third-order valence-corrected chi connectivity index (χ3v) is 1.86. The van der Waals surface area contributed by atoms with Crippen LogP contribution in [0.3, 0.4) is 0 Å². The first kappa shape index (κ1) is 8.16. The highest BCUT2D eigenvalue weighted by Gasteiger charge is 2.09. The van der Waals surface area contributed by atoms with Crippen LogP contribution in [0.5, 0.6) is 0 Å². The molecule has 0 saturated heterocycles. The summed E-state index contributed by atoms with van der Waals surface area (Å²) in [7, 11) is 0. The predicted octanol–water partition coefficient (Wildman–Crippen LogP) is 0.0183. The zero-order chi connectivity index (χ0) is 8.27. The lowest BCUT2D eigenvalue weighted by molar-refractivity contribution is -0.118. The molecule has 5 heteroatoms. The fourth-order valence-electron chi connectivity index (χ4n) is 0.726. The number of carbonyl (C=O) groups is 1. The van der Waals surface area contributed by atoms with E-state index in [-0.39, 0.29) is 12.5 Å². The zero-order valence-electron chi connectivity index (χ0n) is 5.86. The molecule has 4 N–H and O–H groups in total. The van der Waals surface area contributed by atoms with Gasteiger partial charge in [-0.05, 0) is 0 Å². The van der Waals surface area contributed by atoms with Crippen molar-refractivity contribution in [3.8, 4) is 0 Å². The van der Waals surface area contributed by atoms with Gasteiger partial charge in [-0.2, -0.15) is 0 Å². The van der Waals surface area contributed by atoms with Crippen LogP contribution in [0.25, 0.3) is 0 Å². The van der Waals surface area contributed by atoms with E-state index in [2.05, 4.69) is 4.98 Å². The second-order valence-corrected chi connectivity index (χ2v) is 2.91. The van der Waals surface area contributed by atoms with E-state index < -0.39 is 5.91 Å². The summed E-state index contributed by atoms with van der Waals surface area (Å²) in [5, 5.41) is 1.81. The molecule has 1 atom stereocenters. The summed E-state index contributed by atoms with van der Waals surface area (Å²) >= 11 is 1.45. The molecule has 0 saturated carbocycles. The Morgan fingerprint density at radius 1 is 1.82 bits per heavy atom. The highest BCUT2D eigenvalue weighted by molar-refractivity contribution is 7.07. The molecule has 11 heavy (non-hydrogen) atoms. The number of amides is 1. The van der Waals surface area contributed by atoms with E-state index >= 15 is 0 Å². The number of aromatic nitrogens is 1. The minimum Gasteiger partial charge on any atom is -0.370 e. The average molecular weight is 171 g/mol. The van der Waals surface area contributed by atoms with E-state index in [0.717, 1.165) is 5.69 Å². The molecule has 0 spiro atoms. The number of nitrogens with two attached hydrogens (primary N) is 2. The highest BCUT2D eigenvalue weighted by Crippen LogP contribution is 2.12. The van der Waals surface area contributed by atoms with Gasteiger partial charge in [0.15, 0.2) is 0 Å². The van der Waals surface area contributed by atoms with Gasteiger partial charge in [0.05, 0.1) is 17.2 Å². The van der Waals surface area contributed by atoms with Crippen molar-refractivity contribution in [2.24, 2.45) is 11.5 Å². The van der Waals surface area contributed by atoms with Crippen molar-refractivity contribution in [3.63, 3.8) is 0 Å². The minimum absolute atomic E-state index is 0.156. The van der Waals surface area contributed by atoms with Crippen LogP contribution in [0.4, 0.5) is 0 Å². The fraction of sp³-hybridized carbons (Fsp3) is 0.333. The Kier molecular flexibility index (Phi) is 2.56. The van der Waals surface area contributed by atoms with Crippen molar-refractivity contribution < 1.29 is 4.79 Å². The quantitative estimate of drug-likeness (QED) is 0.672. The largest absolute Gasteiger partial charge is 0.370 e. The summed E-state index contributed by atoms with van der Waals surface area (Å²) in [6, 6.07) is -0.348. The Hall–Kier alpha value is -0.940. The number of hydrogen-bond acceptors (Lipinski definition) is 4. The molecule has 1 heterocycles. The van der Waals surface area contributed by atoms with Gasteiger partial charge in [0.1, 0.15) is 0 Å². The molecule has 1 rings (SSSR count). The fourth-order valence-corrected chi connectivity index (χ4v) is 1.34. The summed E-state index contributed by atoms with van der Waals surface area (Å²) in [4.78, 5) is 14.4. The van der Waals surface area contributed by atoms with Crippen LogP contribution in [0, 0.1) is 0 Å². The van der Waals surface area contributed by atoms with E-state index in [1.807, 2.05) is 5.38 Å². The van der Waals surface area contributed by atoms with Gasteiger partial charge in [-0.3, -0.25) is 4.79 Å². The second kappa shape index (κ2) is 3.45. The number of thiazole rings is 1. The molecule has 4 nitrogen and oxygen atoms in total. The molecule has 60 valence electrons. The molecular formula is C6H9N3OS. The van der Waals surface area contributed by atoms with Crippen LogP contribution in [-0.4, -0.2) is 10.9 Å². The molecule has 0 unspecified atom stereocenters. The Bertz CT molecular complexity index is 234. The third kappa shape index (κ3) is 2.28. The first-order chi connectivity index (χ1) is 5.20. The van der Waals surface area contributed by atoms with Gasteiger partial charge in [0, 0.05) is 11.8 Å². The van der Waals surface area contributed by atoms with Gasteiger partial charge in [0.2, 0.25) is 5.91 Å². The molecule has 0 bridgehead atoms. The van der Waals surface area contributed by atoms with E-state index in [9.17, 15) is 4.79 Å². The topological polar surface area (TPSA) is 82.0 Å². The standard InChI is InChI=1S/C6H9N3OS/c7-4(1-6(8)10)5-2-11-3-9-5/h2-4H,1,7H2,(H2,8,10)/t4-/m0/s1. The van der Waals surface area contributed by atoms with Gasteiger partial charge in [-0.15, -0.1) is 11.3 Å². The van der Waals surface area contributed by atoms with Crippen molar-refractivity contribution in [2.75, 3.05) is 0 Å². The average Bonchev–Trinajstić information content (AvgIpc) is 2.35. The van der Waals surface area contributed by atoms with Gasteiger partial charge >= 0.3 is 0 Å². The zero-order valence-corrected chi connectivity index (χ0v) is 6.67. The maximum Gasteiger partial charge on any atom is 0.219 e. The number of primary amides is 1. The van der Waals surface area contributed by atoms with Gasteiger partial charge < -0.3 is 11.5 Å². The number of rotatable bonds is 3. The van der Waals surface area contributed by atoms with Crippen molar-refractivity contribution in [1.29, 1.82) is 0 Å². The minimum atomic E-state index is -0.398. The van der Waals surface area contributed by atoms with Crippen LogP contribution < -0.4 is 11.5 Å². The number of carbonyl (C=O) groups excluding carboxylic acids is 1. The summed E-state index contributed by atoms with van der Waals surface area (Å²) in [6.07, 6.45) is 0.156. The summed E-state index contributed by atoms with van der Waals surface area (Å²) in [5.41, 5.74) is 12.9. The van der Waals surface area contributed by atoms with Gasteiger partial charge in [-0.1, -0.05) is 0 Å². The van der Waals surface area contributed by atoms with Crippen LogP contribution in [-0.2, 0) is 4.79 Å². The van der Waals surface area contributed by atoms with Crippen LogP contribution in [0.1, 0.15) is 18.2 Å². The molecule has 0 fully saturated rings. The maximum atomic E-state index is 10.4. The number of hydrogen-bond donors (Lipinski definition) is 2. The first-order valence-corrected chi connectivity index (χ1v) is 4.06. The van der Waals surface area contributed by atoms with Gasteiger partial charge in [-0.25, -0.2) is 4.98 Å². The normalized spacial score (nSPS) is 12.8. The predicted molar refractivity (Wildman–Crippen MR) is 42.9 cm³/mol. The summed E-state index contributed by atoms with van der Waals surface area (Å²) < 4.78 is 0. The van der Waals surface area contributed by atoms with Crippen molar-refractivity contribution in [3.05, 3.63) is 16.6 Å². The molecule has 0 aliphatic carbocycles. The highest BCUT2D eigenvalue weighted by atomic mass is 32.1. The van der Waals surface area contributed by atoms with Crippen LogP contribution in [0.15, 0.2) is 10.9 Å². The summed E-state index contributed by atoms with van der Waals surface area (Å²) in [6.45, 7) is 0. The molecule has 0 aliphatic rings. The lowest BCUT2D eigenvalue weighted by Crippen LogP contribution is -2.20. The SMILES string of the molecule is NC(=O)C[C@H](N)c1cscn1. The Morgan fingerprint density at radius 2 is 2.55 bits per heavy atom. The molecule has 0 radical (unpaired) electrons. The number of nitrogens with zero attached hydrogens (tertiary/aromatic N) is 1. The van der Waals surface area contributed by atoms with E-state index in [1.54, 1.807) is 5.51 Å². The Morgan fingerprint density at radius 3 is 3.00 bits per heavy atom. The molecular weight excluding hydrogens is 162 g/mol. The van der Waals surface area contributed by atoms with E-state index in [1.165, 1.54) is 11.3 Å². The van der Waals surface area contributed by atoms with E-state index in [4.69, 9.17) is 11.5 Å². The van der Waals surface area contributed by atoms with Gasteiger partial charge in [0.25, 0.3) is 0 Å². The van der Waals surface area contributed by atoms with Crippen molar-refractivity contribution in [2.45, 2.75) is 12.5 Å². The summed E-state index contributed by atoms with van der Waals surface area (Å²) in [5.74, 6) is -0.398. The maximum absolute atomic E-state index is 10.4. The second-order valence-electron chi connectivity index (χ2n) is 2.19. The van der Waals surface area contributed by atoms with Crippen LogP contribution in [0.2, 0.25) is 0 Å². The monoisotopic (exact) mass is 171 g/mol. The van der Waals surface area contributed by atoms with Crippen LogP contribution >= 0.6 is 11.3 Å². The smallest absolute Gasteiger partial charge is 0.219 e. The lowest BCUT2D eigenvalue weighted by atomic mass is 10.2. The Labute approximate surface area is 68.2 Å². The molecule has 0 aromatic carbocycles. The lowest BCUT2D eigenvalue weighted by Gasteiger charge is -2.03. The molecule has 1 amide bonds. The Balaban J connectivity index is 2.56. The van der Waals surface area contributed by atoms with Crippen molar-refractivity contribution >= 4 is 17.2 Å². The third-order valence-electron chi connectivity index (χ3n) is 1.25. The molecule has 1 aromatic rings. The van der Waals surface area contributed by atoms with E-state index in [0.29, 0.717) is 0 Å². The first-order valence-electron chi connectivity index (χ1n) is 3.12. The molecule has 0 aliphatic heterocycles. The molecule has 1 aromatic heterocycles. The van der Waals surface area contributed by atoms with Crippen molar-refractivity contribution in [1.82, 2.24) is 4.98 Å².